The van der Waals surface area contributed by atoms with Gasteiger partial charge in [-0.25, -0.2) is 9.97 Å². The highest BCUT2D eigenvalue weighted by Gasteiger charge is 2.12. The molecule has 0 spiro atoms. The van der Waals surface area contributed by atoms with Crippen LogP contribution in [0.3, 0.4) is 0 Å². The molecule has 0 bridgehead atoms. The lowest BCUT2D eigenvalue weighted by Gasteiger charge is -2.08. The fourth-order valence-electron chi connectivity index (χ4n) is 2.19. The van der Waals surface area contributed by atoms with Gasteiger partial charge in [0, 0.05) is 28.8 Å². The Labute approximate surface area is 143 Å². The lowest BCUT2D eigenvalue weighted by atomic mass is 10.1. The van der Waals surface area contributed by atoms with E-state index in [1.165, 1.54) is 0 Å². The predicted octanol–water partition coefficient (Wildman–Crippen LogP) is 4.61. The molecule has 0 atom stereocenters. The van der Waals surface area contributed by atoms with Crippen LogP contribution in [0, 0.1) is 0 Å². The van der Waals surface area contributed by atoms with Gasteiger partial charge in [0.05, 0.1) is 24.9 Å². The smallest absolute Gasteiger partial charge is 0.131 e. The van der Waals surface area contributed by atoms with Crippen molar-refractivity contribution in [3.63, 3.8) is 0 Å². The van der Waals surface area contributed by atoms with Crippen molar-refractivity contribution in [2.45, 2.75) is 5.03 Å². The third kappa shape index (κ3) is 3.33. The molecule has 0 amide bonds. The number of hydrogen-bond acceptors (Lipinski definition) is 6. The summed E-state index contributed by atoms with van der Waals surface area (Å²) in [5.41, 5.74) is 2.93. The molecule has 6 heteroatoms. The molecule has 2 aromatic heterocycles. The highest BCUT2D eigenvalue weighted by molar-refractivity contribution is 7.98. The molecule has 0 saturated carbocycles. The molecule has 23 heavy (non-hydrogen) atoms. The van der Waals surface area contributed by atoms with E-state index < -0.39 is 0 Å². The zero-order valence-corrected chi connectivity index (χ0v) is 14.7. The fraction of sp³-hybridized carbons (Fsp3) is 0.176. The van der Waals surface area contributed by atoms with Gasteiger partial charge < -0.3 is 9.47 Å². The SMILES string of the molecule is COc1ccc(-c2csc(-c3ccnc(SC)c3)n2)c(OC)c1. The number of thiazole rings is 1. The van der Waals surface area contributed by atoms with E-state index >= 15 is 0 Å². The van der Waals surface area contributed by atoms with Gasteiger partial charge in [0.2, 0.25) is 0 Å². The molecule has 0 aliphatic carbocycles. The number of ether oxygens (including phenoxy) is 2. The quantitative estimate of drug-likeness (QED) is 0.632. The van der Waals surface area contributed by atoms with Gasteiger partial charge in [-0.05, 0) is 30.5 Å². The number of nitrogens with zero attached hydrogens (tertiary/aromatic N) is 2. The summed E-state index contributed by atoms with van der Waals surface area (Å²) in [4.78, 5) is 9.05. The van der Waals surface area contributed by atoms with Crippen LogP contribution >= 0.6 is 23.1 Å². The second-order valence-corrected chi connectivity index (χ2v) is 6.38. The summed E-state index contributed by atoms with van der Waals surface area (Å²) >= 11 is 3.23. The summed E-state index contributed by atoms with van der Waals surface area (Å²) in [7, 11) is 3.29. The predicted molar refractivity (Wildman–Crippen MR) is 95.7 cm³/mol. The van der Waals surface area contributed by atoms with Crippen LogP contribution in [-0.2, 0) is 0 Å². The molecule has 4 nitrogen and oxygen atoms in total. The van der Waals surface area contributed by atoms with Gasteiger partial charge >= 0.3 is 0 Å². The van der Waals surface area contributed by atoms with E-state index in [0.717, 1.165) is 38.4 Å². The Morgan fingerprint density at radius 2 is 1.96 bits per heavy atom. The van der Waals surface area contributed by atoms with Gasteiger partial charge in [-0.1, -0.05) is 0 Å². The minimum atomic E-state index is 0.751. The Balaban J connectivity index is 1.98. The highest BCUT2D eigenvalue weighted by Crippen LogP contribution is 2.36. The summed E-state index contributed by atoms with van der Waals surface area (Å²) in [6, 6.07) is 9.78. The molecule has 0 aliphatic rings. The molecule has 0 aliphatic heterocycles. The van der Waals surface area contributed by atoms with Crippen LogP contribution in [0.25, 0.3) is 21.8 Å². The van der Waals surface area contributed by atoms with E-state index in [2.05, 4.69) is 11.1 Å². The Morgan fingerprint density at radius 3 is 2.70 bits per heavy atom. The number of methoxy groups -OCH3 is 2. The van der Waals surface area contributed by atoms with Crippen molar-refractivity contribution in [2.24, 2.45) is 0 Å². The lowest BCUT2D eigenvalue weighted by Crippen LogP contribution is -1.90. The van der Waals surface area contributed by atoms with Crippen molar-refractivity contribution in [3.05, 3.63) is 41.9 Å². The fourth-order valence-corrected chi connectivity index (χ4v) is 3.42. The van der Waals surface area contributed by atoms with Crippen molar-refractivity contribution in [1.29, 1.82) is 0 Å². The Kier molecular flexibility index (Phi) is 4.83. The van der Waals surface area contributed by atoms with Crippen LogP contribution in [0.5, 0.6) is 11.5 Å². The highest BCUT2D eigenvalue weighted by atomic mass is 32.2. The minimum absolute atomic E-state index is 0.751. The largest absolute Gasteiger partial charge is 0.497 e. The zero-order chi connectivity index (χ0) is 16.2. The first-order chi connectivity index (χ1) is 11.2. The number of pyridine rings is 1. The van der Waals surface area contributed by atoms with Crippen molar-refractivity contribution in [1.82, 2.24) is 9.97 Å². The number of benzene rings is 1. The van der Waals surface area contributed by atoms with Crippen LogP contribution in [-0.4, -0.2) is 30.4 Å². The number of thioether (sulfide) groups is 1. The molecule has 3 aromatic rings. The van der Waals surface area contributed by atoms with Gasteiger partial charge in [-0.2, -0.15) is 0 Å². The van der Waals surface area contributed by atoms with Crippen LogP contribution in [0.15, 0.2) is 46.9 Å². The molecule has 0 saturated heterocycles. The van der Waals surface area contributed by atoms with E-state index in [0.29, 0.717) is 0 Å². The van der Waals surface area contributed by atoms with Crippen LogP contribution < -0.4 is 9.47 Å². The molecule has 0 radical (unpaired) electrons. The molecule has 0 fully saturated rings. The minimum Gasteiger partial charge on any atom is -0.497 e. The topological polar surface area (TPSA) is 44.2 Å². The summed E-state index contributed by atoms with van der Waals surface area (Å²) in [5.74, 6) is 1.51. The monoisotopic (exact) mass is 344 g/mol. The maximum absolute atomic E-state index is 5.47. The standard InChI is InChI=1S/C17H16N2O2S2/c1-20-12-4-5-13(15(9-12)21-2)14-10-23-17(19-14)11-6-7-18-16(8-11)22-3/h4-10H,1-3H3. The van der Waals surface area contributed by atoms with Gasteiger partial charge in [-0.3, -0.25) is 0 Å². The molecular weight excluding hydrogens is 328 g/mol. The van der Waals surface area contributed by atoms with Gasteiger partial charge in [-0.15, -0.1) is 23.1 Å². The van der Waals surface area contributed by atoms with E-state index in [1.807, 2.05) is 42.1 Å². The maximum Gasteiger partial charge on any atom is 0.131 e. The van der Waals surface area contributed by atoms with E-state index in [-0.39, 0.29) is 0 Å². The second kappa shape index (κ2) is 7.02. The first kappa shape index (κ1) is 15.8. The normalized spacial score (nSPS) is 10.6. The van der Waals surface area contributed by atoms with Gasteiger partial charge in [0.1, 0.15) is 16.5 Å². The lowest BCUT2D eigenvalue weighted by molar-refractivity contribution is 0.395. The van der Waals surface area contributed by atoms with E-state index in [4.69, 9.17) is 14.5 Å². The first-order valence-electron chi connectivity index (χ1n) is 6.93. The summed E-state index contributed by atoms with van der Waals surface area (Å²) in [6.07, 6.45) is 3.83. The second-order valence-electron chi connectivity index (χ2n) is 4.69. The molecule has 0 unspecified atom stereocenters. The van der Waals surface area contributed by atoms with E-state index in [1.54, 1.807) is 37.3 Å². The third-order valence-corrected chi connectivity index (χ3v) is 4.91. The number of rotatable bonds is 5. The average molecular weight is 344 g/mol. The average Bonchev–Trinajstić information content (AvgIpc) is 3.11. The number of aromatic nitrogens is 2. The van der Waals surface area contributed by atoms with Crippen molar-refractivity contribution >= 4 is 23.1 Å². The molecule has 0 N–H and O–H groups in total. The van der Waals surface area contributed by atoms with Crippen molar-refractivity contribution in [2.75, 3.05) is 20.5 Å². The summed E-state index contributed by atoms with van der Waals surface area (Å²) in [6.45, 7) is 0. The van der Waals surface area contributed by atoms with E-state index in [9.17, 15) is 0 Å². The van der Waals surface area contributed by atoms with Crippen molar-refractivity contribution < 1.29 is 9.47 Å². The van der Waals surface area contributed by atoms with Gasteiger partial charge in [0.15, 0.2) is 0 Å². The Bertz CT molecular complexity index is 818. The zero-order valence-electron chi connectivity index (χ0n) is 13.1. The van der Waals surface area contributed by atoms with Crippen LogP contribution in [0.2, 0.25) is 0 Å². The van der Waals surface area contributed by atoms with Gasteiger partial charge in [0.25, 0.3) is 0 Å². The summed E-state index contributed by atoms with van der Waals surface area (Å²) < 4.78 is 10.7. The Morgan fingerprint density at radius 1 is 1.09 bits per heavy atom. The summed E-state index contributed by atoms with van der Waals surface area (Å²) in [5, 5.41) is 4.00. The molecular formula is C17H16N2O2S2. The molecule has 118 valence electrons. The van der Waals surface area contributed by atoms with Crippen molar-refractivity contribution in [3.8, 4) is 33.3 Å². The molecule has 1 aromatic carbocycles. The molecule has 2 heterocycles. The third-order valence-electron chi connectivity index (χ3n) is 3.38. The maximum atomic E-state index is 5.47. The number of hydrogen-bond donors (Lipinski definition) is 0. The molecule has 3 rings (SSSR count). The van der Waals surface area contributed by atoms with Crippen LogP contribution in [0.1, 0.15) is 0 Å². The first-order valence-corrected chi connectivity index (χ1v) is 9.04. The van der Waals surface area contributed by atoms with Crippen LogP contribution in [0.4, 0.5) is 0 Å². The Hall–Kier alpha value is -2.05.